The van der Waals surface area contributed by atoms with Crippen molar-refractivity contribution >= 4 is 16.9 Å². The lowest BCUT2D eigenvalue weighted by Gasteiger charge is -2.10. The minimum absolute atomic E-state index is 0.545. The van der Waals surface area contributed by atoms with Crippen molar-refractivity contribution in [2.24, 2.45) is 4.99 Å². The molecule has 0 amide bonds. The Bertz CT molecular complexity index is 1060. The fourth-order valence-corrected chi connectivity index (χ4v) is 3.18. The van der Waals surface area contributed by atoms with Crippen LogP contribution in [-0.2, 0) is 13.0 Å². The lowest BCUT2D eigenvalue weighted by molar-refractivity contribution is 0.422. The van der Waals surface area contributed by atoms with Crippen LogP contribution in [0.3, 0.4) is 0 Å². The van der Waals surface area contributed by atoms with Crippen molar-refractivity contribution in [2.45, 2.75) is 13.0 Å². The van der Waals surface area contributed by atoms with Crippen LogP contribution in [0.1, 0.15) is 11.3 Å². The van der Waals surface area contributed by atoms with Gasteiger partial charge in [-0.1, -0.05) is 53.7 Å². The Hall–Kier alpha value is -3.54. The number of hydrogen-bond donors (Lipinski definition) is 3. The summed E-state index contributed by atoms with van der Waals surface area (Å²) in [6.45, 7) is 1.33. The van der Waals surface area contributed by atoms with Crippen LogP contribution in [0.5, 0.6) is 0 Å². The third-order valence-corrected chi connectivity index (χ3v) is 4.64. The van der Waals surface area contributed by atoms with Gasteiger partial charge in [-0.25, -0.2) is 0 Å². The largest absolute Gasteiger partial charge is 0.361 e. The highest BCUT2D eigenvalue weighted by Gasteiger charge is 2.07. The Morgan fingerprint density at radius 3 is 2.75 bits per heavy atom. The summed E-state index contributed by atoms with van der Waals surface area (Å²) >= 11 is 0. The SMILES string of the molecule is CN=C(NCCc1c[nH]c2ccccc12)NCc1cc(-c2ccccc2)on1. The first-order valence-electron chi connectivity index (χ1n) is 9.34. The van der Waals surface area contributed by atoms with Crippen molar-refractivity contribution in [3.05, 3.63) is 78.1 Å². The number of rotatable bonds is 6. The van der Waals surface area contributed by atoms with Crippen LogP contribution >= 0.6 is 0 Å². The van der Waals surface area contributed by atoms with Gasteiger partial charge in [0.25, 0.3) is 0 Å². The molecule has 142 valence electrons. The maximum absolute atomic E-state index is 5.43. The van der Waals surface area contributed by atoms with Gasteiger partial charge in [-0.3, -0.25) is 4.99 Å². The number of guanidine groups is 1. The van der Waals surface area contributed by atoms with Crippen LogP contribution in [-0.4, -0.2) is 29.7 Å². The van der Waals surface area contributed by atoms with Crippen molar-refractivity contribution in [3.63, 3.8) is 0 Å². The van der Waals surface area contributed by atoms with Crippen molar-refractivity contribution in [3.8, 4) is 11.3 Å². The molecule has 0 radical (unpaired) electrons. The van der Waals surface area contributed by atoms with E-state index >= 15 is 0 Å². The number of aliphatic imine (C=N–C) groups is 1. The Kier molecular flexibility index (Phi) is 5.38. The molecule has 0 aliphatic heterocycles. The number of aromatic nitrogens is 2. The summed E-state index contributed by atoms with van der Waals surface area (Å²) < 4.78 is 5.43. The van der Waals surface area contributed by atoms with Gasteiger partial charge in [0.15, 0.2) is 11.7 Å². The maximum Gasteiger partial charge on any atom is 0.191 e. The smallest absolute Gasteiger partial charge is 0.191 e. The average Bonchev–Trinajstić information content (AvgIpc) is 3.39. The molecule has 0 aliphatic rings. The van der Waals surface area contributed by atoms with Gasteiger partial charge in [-0.05, 0) is 18.1 Å². The number of nitrogens with zero attached hydrogens (tertiary/aromatic N) is 2. The molecular weight excluding hydrogens is 350 g/mol. The van der Waals surface area contributed by atoms with Crippen molar-refractivity contribution < 1.29 is 4.52 Å². The monoisotopic (exact) mass is 373 g/mol. The molecule has 0 aliphatic carbocycles. The van der Waals surface area contributed by atoms with Crippen molar-refractivity contribution in [1.29, 1.82) is 0 Å². The van der Waals surface area contributed by atoms with E-state index in [-0.39, 0.29) is 0 Å². The first-order chi connectivity index (χ1) is 13.8. The molecule has 6 nitrogen and oxygen atoms in total. The molecule has 4 rings (SSSR count). The average molecular weight is 373 g/mol. The zero-order valence-corrected chi connectivity index (χ0v) is 15.8. The molecule has 0 spiro atoms. The quantitative estimate of drug-likeness (QED) is 0.355. The zero-order chi connectivity index (χ0) is 19.2. The molecule has 0 saturated carbocycles. The van der Waals surface area contributed by atoms with E-state index in [0.29, 0.717) is 6.54 Å². The number of fused-ring (bicyclic) bond motifs is 1. The first kappa shape index (κ1) is 17.9. The van der Waals surface area contributed by atoms with E-state index in [2.05, 4.69) is 50.2 Å². The van der Waals surface area contributed by atoms with E-state index in [9.17, 15) is 0 Å². The minimum atomic E-state index is 0.545. The molecule has 0 fully saturated rings. The van der Waals surface area contributed by atoms with Crippen molar-refractivity contribution in [1.82, 2.24) is 20.8 Å². The zero-order valence-electron chi connectivity index (χ0n) is 15.8. The van der Waals surface area contributed by atoms with Gasteiger partial charge in [0.05, 0.1) is 6.54 Å². The number of nitrogens with one attached hydrogen (secondary N) is 3. The lowest BCUT2D eigenvalue weighted by atomic mass is 10.1. The standard InChI is InChI=1S/C22H23N5O/c1-23-22(24-12-11-17-14-25-20-10-6-5-9-19(17)20)26-15-18-13-21(28-27-18)16-7-3-2-4-8-16/h2-10,13-14,25H,11-12,15H2,1H3,(H2,23,24,26). The van der Waals surface area contributed by atoms with E-state index in [4.69, 9.17) is 4.52 Å². The lowest BCUT2D eigenvalue weighted by Crippen LogP contribution is -2.37. The molecule has 2 aromatic heterocycles. The van der Waals surface area contributed by atoms with Gasteiger partial charge in [-0.2, -0.15) is 0 Å². The third-order valence-electron chi connectivity index (χ3n) is 4.64. The molecule has 0 saturated heterocycles. The Balaban J connectivity index is 1.29. The molecule has 28 heavy (non-hydrogen) atoms. The highest BCUT2D eigenvalue weighted by Crippen LogP contribution is 2.19. The Morgan fingerprint density at radius 1 is 1.07 bits per heavy atom. The van der Waals surface area contributed by atoms with Crippen LogP contribution in [0.25, 0.3) is 22.2 Å². The molecule has 3 N–H and O–H groups in total. The van der Waals surface area contributed by atoms with Gasteiger partial charge in [-0.15, -0.1) is 0 Å². The predicted octanol–water partition coefficient (Wildman–Crippen LogP) is 3.73. The molecule has 0 unspecified atom stereocenters. The summed E-state index contributed by atoms with van der Waals surface area (Å²) in [6, 6.07) is 20.2. The summed E-state index contributed by atoms with van der Waals surface area (Å²) in [5, 5.41) is 12.0. The molecule has 0 atom stereocenters. The summed E-state index contributed by atoms with van der Waals surface area (Å²) in [7, 11) is 1.76. The molecule has 2 heterocycles. The first-order valence-corrected chi connectivity index (χ1v) is 9.34. The molecule has 2 aromatic carbocycles. The molecular formula is C22H23N5O. The van der Waals surface area contributed by atoms with Crippen LogP contribution < -0.4 is 10.6 Å². The van der Waals surface area contributed by atoms with Crippen molar-refractivity contribution in [2.75, 3.05) is 13.6 Å². The van der Waals surface area contributed by atoms with Crippen LogP contribution in [0.15, 0.2) is 76.4 Å². The van der Waals surface area contributed by atoms with E-state index in [1.54, 1.807) is 7.05 Å². The van der Waals surface area contributed by atoms with E-state index in [0.717, 1.165) is 35.9 Å². The minimum Gasteiger partial charge on any atom is -0.361 e. The number of H-pyrrole nitrogens is 1. The van der Waals surface area contributed by atoms with Crippen LogP contribution in [0.4, 0.5) is 0 Å². The van der Waals surface area contributed by atoms with Gasteiger partial charge >= 0.3 is 0 Å². The van der Waals surface area contributed by atoms with Gasteiger partial charge in [0.2, 0.25) is 0 Å². The van der Waals surface area contributed by atoms with Gasteiger partial charge < -0.3 is 20.1 Å². The maximum atomic E-state index is 5.43. The summed E-state index contributed by atoms with van der Waals surface area (Å²) in [5.74, 6) is 1.50. The fourth-order valence-electron chi connectivity index (χ4n) is 3.18. The summed E-state index contributed by atoms with van der Waals surface area (Å²) in [5.41, 5.74) is 4.31. The Labute approximate surface area is 163 Å². The second-order valence-corrected chi connectivity index (χ2v) is 6.51. The predicted molar refractivity (Wildman–Crippen MR) is 112 cm³/mol. The van der Waals surface area contributed by atoms with E-state index in [1.165, 1.54) is 16.5 Å². The highest BCUT2D eigenvalue weighted by molar-refractivity contribution is 5.83. The Morgan fingerprint density at radius 2 is 1.89 bits per heavy atom. The van der Waals surface area contributed by atoms with Gasteiger partial charge in [0, 0.05) is 42.3 Å². The van der Waals surface area contributed by atoms with E-state index in [1.807, 2.05) is 42.5 Å². The number of para-hydroxylation sites is 1. The number of hydrogen-bond acceptors (Lipinski definition) is 3. The van der Waals surface area contributed by atoms with E-state index < -0.39 is 0 Å². The second-order valence-electron chi connectivity index (χ2n) is 6.51. The number of benzene rings is 2. The van der Waals surface area contributed by atoms with Crippen LogP contribution in [0.2, 0.25) is 0 Å². The second kappa shape index (κ2) is 8.43. The fraction of sp³-hybridized carbons (Fsp3) is 0.182. The summed E-state index contributed by atoms with van der Waals surface area (Å²) in [6.07, 6.45) is 2.98. The number of aromatic amines is 1. The van der Waals surface area contributed by atoms with Gasteiger partial charge in [0.1, 0.15) is 5.69 Å². The third kappa shape index (κ3) is 4.06. The normalized spacial score (nSPS) is 11.7. The molecule has 0 bridgehead atoms. The molecule has 6 heteroatoms. The highest BCUT2D eigenvalue weighted by atomic mass is 16.5. The molecule has 4 aromatic rings. The summed E-state index contributed by atoms with van der Waals surface area (Å²) in [4.78, 5) is 7.59. The topological polar surface area (TPSA) is 78.2 Å². The van der Waals surface area contributed by atoms with Crippen LogP contribution in [0, 0.1) is 0 Å².